The van der Waals surface area contributed by atoms with Crippen LogP contribution in [0.4, 0.5) is 0 Å². The van der Waals surface area contributed by atoms with Crippen LogP contribution in [-0.2, 0) is 9.53 Å². The summed E-state index contributed by atoms with van der Waals surface area (Å²) >= 11 is 6.67. The SMILES string of the molecule is CCO/C(C)=C1\SC(=S)N(C(C)c2ccccc2)C1=O. The van der Waals surface area contributed by atoms with Gasteiger partial charge in [0.2, 0.25) is 0 Å². The Morgan fingerprint density at radius 3 is 2.65 bits per heavy atom. The van der Waals surface area contributed by atoms with Gasteiger partial charge in [-0.1, -0.05) is 54.3 Å². The molecule has 3 nitrogen and oxygen atoms in total. The Kier molecular flexibility index (Phi) is 4.83. The minimum absolute atomic E-state index is 0.0673. The van der Waals surface area contributed by atoms with Crippen LogP contribution in [0.2, 0.25) is 0 Å². The summed E-state index contributed by atoms with van der Waals surface area (Å²) < 4.78 is 6.01. The summed E-state index contributed by atoms with van der Waals surface area (Å²) in [6.07, 6.45) is 0. The van der Waals surface area contributed by atoms with E-state index in [0.717, 1.165) is 5.56 Å². The van der Waals surface area contributed by atoms with Crippen LogP contribution in [0.15, 0.2) is 41.0 Å². The van der Waals surface area contributed by atoms with E-state index in [1.165, 1.54) is 11.8 Å². The van der Waals surface area contributed by atoms with E-state index in [9.17, 15) is 4.79 Å². The van der Waals surface area contributed by atoms with E-state index < -0.39 is 0 Å². The van der Waals surface area contributed by atoms with E-state index >= 15 is 0 Å². The number of hydrogen-bond acceptors (Lipinski definition) is 4. The number of carbonyl (C=O) groups excluding carboxylic acids is 1. The standard InChI is InChI=1S/C15H17NO2S2/c1-4-18-11(3)13-14(17)16(15(19)20-13)10(2)12-8-6-5-7-9-12/h5-10H,4H2,1-3H3/b13-11-. The van der Waals surface area contributed by atoms with Gasteiger partial charge < -0.3 is 4.74 Å². The number of nitrogens with zero attached hydrogens (tertiary/aromatic N) is 1. The van der Waals surface area contributed by atoms with Gasteiger partial charge in [-0.2, -0.15) is 0 Å². The van der Waals surface area contributed by atoms with Crippen molar-refractivity contribution in [2.24, 2.45) is 0 Å². The van der Waals surface area contributed by atoms with Gasteiger partial charge in [0, 0.05) is 0 Å². The summed E-state index contributed by atoms with van der Waals surface area (Å²) in [6, 6.07) is 9.82. The minimum atomic E-state index is -0.0735. The summed E-state index contributed by atoms with van der Waals surface area (Å²) in [5.41, 5.74) is 1.07. The molecule has 106 valence electrons. The molecule has 0 saturated carbocycles. The molecule has 0 spiro atoms. The number of benzene rings is 1. The Hall–Kier alpha value is -1.33. The van der Waals surface area contributed by atoms with Gasteiger partial charge in [-0.15, -0.1) is 0 Å². The van der Waals surface area contributed by atoms with Crippen LogP contribution < -0.4 is 0 Å². The van der Waals surface area contributed by atoms with E-state index in [-0.39, 0.29) is 11.9 Å². The predicted molar refractivity (Wildman–Crippen MR) is 86.2 cm³/mol. The molecule has 1 aromatic rings. The van der Waals surface area contributed by atoms with Crippen LogP contribution in [-0.4, -0.2) is 21.7 Å². The summed E-state index contributed by atoms with van der Waals surface area (Å²) in [5.74, 6) is 0.579. The highest BCUT2D eigenvalue weighted by Gasteiger charge is 2.37. The smallest absolute Gasteiger partial charge is 0.270 e. The van der Waals surface area contributed by atoms with E-state index in [0.29, 0.717) is 21.6 Å². The molecular formula is C15H17NO2S2. The Morgan fingerprint density at radius 1 is 1.40 bits per heavy atom. The average Bonchev–Trinajstić information content (AvgIpc) is 2.75. The number of amides is 1. The van der Waals surface area contributed by atoms with Gasteiger partial charge in [0.1, 0.15) is 15.0 Å². The van der Waals surface area contributed by atoms with Gasteiger partial charge in [0.05, 0.1) is 12.6 Å². The van der Waals surface area contributed by atoms with Gasteiger partial charge in [0.25, 0.3) is 5.91 Å². The summed E-state index contributed by atoms with van der Waals surface area (Å²) in [7, 11) is 0. The lowest BCUT2D eigenvalue weighted by Gasteiger charge is -2.23. The van der Waals surface area contributed by atoms with Crippen molar-refractivity contribution in [1.82, 2.24) is 4.90 Å². The molecule has 1 unspecified atom stereocenters. The largest absolute Gasteiger partial charge is 0.497 e. The zero-order valence-corrected chi connectivity index (χ0v) is 13.4. The average molecular weight is 307 g/mol. The maximum Gasteiger partial charge on any atom is 0.270 e. The van der Waals surface area contributed by atoms with Crippen molar-refractivity contribution in [2.45, 2.75) is 26.8 Å². The molecule has 0 aromatic heterocycles. The van der Waals surface area contributed by atoms with Crippen molar-refractivity contribution in [3.63, 3.8) is 0 Å². The molecule has 2 rings (SSSR count). The van der Waals surface area contributed by atoms with Crippen LogP contribution in [0, 0.1) is 0 Å². The lowest BCUT2D eigenvalue weighted by atomic mass is 10.1. The molecule has 1 amide bonds. The first kappa shape index (κ1) is 15.1. The van der Waals surface area contributed by atoms with Crippen molar-refractivity contribution in [3.05, 3.63) is 46.6 Å². The number of thioether (sulfide) groups is 1. The molecule has 0 N–H and O–H groups in total. The highest BCUT2D eigenvalue weighted by molar-refractivity contribution is 8.26. The maximum absolute atomic E-state index is 12.5. The number of ether oxygens (including phenoxy) is 1. The first-order chi connectivity index (χ1) is 9.56. The van der Waals surface area contributed by atoms with Crippen LogP contribution in [0.1, 0.15) is 32.4 Å². The van der Waals surface area contributed by atoms with Gasteiger partial charge in [-0.3, -0.25) is 9.69 Å². The number of thiocarbonyl (C=S) groups is 1. The Morgan fingerprint density at radius 2 is 2.05 bits per heavy atom. The van der Waals surface area contributed by atoms with E-state index in [1.54, 1.807) is 4.90 Å². The molecule has 1 aliphatic heterocycles. The van der Waals surface area contributed by atoms with E-state index in [1.807, 2.05) is 51.1 Å². The molecule has 1 aliphatic rings. The molecule has 1 fully saturated rings. The number of hydrogen-bond donors (Lipinski definition) is 0. The first-order valence-electron chi connectivity index (χ1n) is 6.50. The fraction of sp³-hybridized carbons (Fsp3) is 0.333. The second-order valence-electron chi connectivity index (χ2n) is 4.45. The van der Waals surface area contributed by atoms with Gasteiger partial charge in [0.15, 0.2) is 0 Å². The van der Waals surface area contributed by atoms with Gasteiger partial charge in [-0.25, -0.2) is 0 Å². The second-order valence-corrected chi connectivity index (χ2v) is 6.09. The topological polar surface area (TPSA) is 29.5 Å². The van der Waals surface area contributed by atoms with Crippen LogP contribution >= 0.6 is 24.0 Å². The first-order valence-corrected chi connectivity index (χ1v) is 7.72. The predicted octanol–water partition coefficient (Wildman–Crippen LogP) is 3.88. The number of carbonyl (C=O) groups is 1. The van der Waals surface area contributed by atoms with E-state index in [4.69, 9.17) is 17.0 Å². The second kappa shape index (κ2) is 6.41. The molecular weight excluding hydrogens is 290 g/mol. The van der Waals surface area contributed by atoms with Crippen molar-refractivity contribution in [2.75, 3.05) is 6.61 Å². The van der Waals surface area contributed by atoms with Crippen molar-refractivity contribution < 1.29 is 9.53 Å². The van der Waals surface area contributed by atoms with Crippen LogP contribution in [0.5, 0.6) is 0 Å². The third kappa shape index (κ3) is 2.88. The monoisotopic (exact) mass is 307 g/mol. The molecule has 0 aliphatic carbocycles. The molecule has 20 heavy (non-hydrogen) atoms. The third-order valence-electron chi connectivity index (χ3n) is 3.15. The lowest BCUT2D eigenvalue weighted by molar-refractivity contribution is -0.123. The number of rotatable bonds is 4. The Bertz CT molecular complexity index is 554. The fourth-order valence-corrected chi connectivity index (χ4v) is 3.48. The molecule has 1 heterocycles. The minimum Gasteiger partial charge on any atom is -0.497 e. The highest BCUT2D eigenvalue weighted by atomic mass is 32.2. The molecule has 5 heteroatoms. The van der Waals surface area contributed by atoms with Crippen LogP contribution in [0.3, 0.4) is 0 Å². The van der Waals surface area contributed by atoms with Crippen molar-refractivity contribution in [1.29, 1.82) is 0 Å². The molecule has 1 atom stereocenters. The van der Waals surface area contributed by atoms with Crippen LogP contribution in [0.25, 0.3) is 0 Å². The zero-order valence-electron chi connectivity index (χ0n) is 11.8. The van der Waals surface area contributed by atoms with Gasteiger partial charge in [-0.05, 0) is 26.3 Å². The lowest BCUT2D eigenvalue weighted by Crippen LogP contribution is -2.31. The summed E-state index contributed by atoms with van der Waals surface area (Å²) in [4.78, 5) is 14.8. The zero-order chi connectivity index (χ0) is 14.7. The fourth-order valence-electron chi connectivity index (χ4n) is 2.09. The van der Waals surface area contributed by atoms with Crippen molar-refractivity contribution in [3.8, 4) is 0 Å². The summed E-state index contributed by atoms with van der Waals surface area (Å²) in [6.45, 7) is 6.24. The highest BCUT2D eigenvalue weighted by Crippen LogP contribution is 2.38. The third-order valence-corrected chi connectivity index (χ3v) is 4.63. The van der Waals surface area contributed by atoms with Gasteiger partial charge >= 0.3 is 0 Å². The van der Waals surface area contributed by atoms with E-state index in [2.05, 4.69) is 0 Å². The van der Waals surface area contributed by atoms with Crippen molar-refractivity contribution >= 4 is 34.2 Å². The molecule has 0 bridgehead atoms. The molecule has 0 radical (unpaired) electrons. The Balaban J connectivity index is 2.28. The number of allylic oxidation sites excluding steroid dienone is 1. The molecule has 1 saturated heterocycles. The summed E-state index contributed by atoms with van der Waals surface area (Å²) in [5, 5.41) is 0. The Labute approximate surface area is 129 Å². The quantitative estimate of drug-likeness (QED) is 0.480. The normalized spacial score (nSPS) is 19.2. The molecule has 1 aromatic carbocycles. The maximum atomic E-state index is 12.5.